The van der Waals surface area contributed by atoms with E-state index in [0.717, 1.165) is 12.3 Å². The lowest BCUT2D eigenvalue weighted by Gasteiger charge is -2.16. The molecule has 1 aliphatic heterocycles. The van der Waals surface area contributed by atoms with Crippen molar-refractivity contribution in [3.05, 3.63) is 0 Å². The first-order valence-electron chi connectivity index (χ1n) is 4.60. The number of nitrogens with one attached hydrogen (secondary N) is 1. The Morgan fingerprint density at radius 2 is 2.45 bits per heavy atom. The van der Waals surface area contributed by atoms with E-state index in [4.69, 9.17) is 4.74 Å². The quantitative estimate of drug-likeness (QED) is 0.666. The maximum Gasteiger partial charge on any atom is 0.0571 e. The molecule has 0 aromatic rings. The highest BCUT2D eigenvalue weighted by molar-refractivity contribution is 4.74. The summed E-state index contributed by atoms with van der Waals surface area (Å²) in [5.41, 5.74) is 0. The predicted molar refractivity (Wildman–Crippen MR) is 46.7 cm³/mol. The number of hydrogen-bond acceptors (Lipinski definition) is 2. The number of rotatable bonds is 4. The first kappa shape index (κ1) is 9.01. The molecule has 2 atom stereocenters. The van der Waals surface area contributed by atoms with Crippen molar-refractivity contribution in [1.82, 2.24) is 5.32 Å². The van der Waals surface area contributed by atoms with Gasteiger partial charge in [0.1, 0.15) is 0 Å². The van der Waals surface area contributed by atoms with Gasteiger partial charge in [0.05, 0.1) is 6.10 Å². The molecule has 1 fully saturated rings. The molecule has 0 aromatic carbocycles. The molecule has 1 heterocycles. The number of methoxy groups -OCH3 is 1. The second-order valence-electron chi connectivity index (χ2n) is 3.36. The monoisotopic (exact) mass is 157 g/mol. The van der Waals surface area contributed by atoms with E-state index in [0.29, 0.717) is 6.10 Å². The molecule has 1 aliphatic rings. The minimum Gasteiger partial charge on any atom is -0.381 e. The van der Waals surface area contributed by atoms with Crippen LogP contribution < -0.4 is 5.32 Å². The van der Waals surface area contributed by atoms with Gasteiger partial charge in [0.15, 0.2) is 0 Å². The molecule has 2 nitrogen and oxygen atoms in total. The van der Waals surface area contributed by atoms with Crippen LogP contribution >= 0.6 is 0 Å². The standard InChI is InChI=1S/C9H19NO/c1-3-9(11-2)6-8-4-5-10-7-8/h8-10H,3-7H2,1-2H3. The second kappa shape index (κ2) is 4.73. The van der Waals surface area contributed by atoms with Gasteiger partial charge < -0.3 is 10.1 Å². The summed E-state index contributed by atoms with van der Waals surface area (Å²) in [6, 6.07) is 0. The zero-order valence-corrected chi connectivity index (χ0v) is 7.60. The number of ether oxygens (including phenoxy) is 1. The Morgan fingerprint density at radius 1 is 1.64 bits per heavy atom. The van der Waals surface area contributed by atoms with E-state index in [1.807, 2.05) is 7.11 Å². The van der Waals surface area contributed by atoms with Gasteiger partial charge in [-0.05, 0) is 38.3 Å². The Hall–Kier alpha value is -0.0800. The van der Waals surface area contributed by atoms with Gasteiger partial charge in [-0.2, -0.15) is 0 Å². The first-order chi connectivity index (χ1) is 5.36. The van der Waals surface area contributed by atoms with Gasteiger partial charge in [0.25, 0.3) is 0 Å². The van der Waals surface area contributed by atoms with Crippen LogP contribution in [0.3, 0.4) is 0 Å². The van der Waals surface area contributed by atoms with Crippen molar-refractivity contribution in [2.45, 2.75) is 32.3 Å². The third-order valence-electron chi connectivity index (χ3n) is 2.55. The van der Waals surface area contributed by atoms with Gasteiger partial charge in [-0.25, -0.2) is 0 Å². The third-order valence-corrected chi connectivity index (χ3v) is 2.55. The van der Waals surface area contributed by atoms with Crippen LogP contribution in [0.1, 0.15) is 26.2 Å². The van der Waals surface area contributed by atoms with Crippen molar-refractivity contribution in [2.75, 3.05) is 20.2 Å². The molecule has 2 unspecified atom stereocenters. The van der Waals surface area contributed by atoms with Crippen LogP contribution in [-0.2, 0) is 4.74 Å². The molecule has 1 saturated heterocycles. The highest BCUT2D eigenvalue weighted by atomic mass is 16.5. The largest absolute Gasteiger partial charge is 0.381 e. The van der Waals surface area contributed by atoms with Crippen molar-refractivity contribution in [3.8, 4) is 0 Å². The fourth-order valence-corrected chi connectivity index (χ4v) is 1.72. The highest BCUT2D eigenvalue weighted by Gasteiger charge is 2.18. The van der Waals surface area contributed by atoms with Crippen molar-refractivity contribution >= 4 is 0 Å². The zero-order valence-electron chi connectivity index (χ0n) is 7.60. The summed E-state index contributed by atoms with van der Waals surface area (Å²) in [6.07, 6.45) is 4.20. The summed E-state index contributed by atoms with van der Waals surface area (Å²) in [6.45, 7) is 4.58. The van der Waals surface area contributed by atoms with E-state index in [9.17, 15) is 0 Å². The Morgan fingerprint density at radius 3 is 2.91 bits per heavy atom. The van der Waals surface area contributed by atoms with Crippen molar-refractivity contribution in [1.29, 1.82) is 0 Å². The zero-order chi connectivity index (χ0) is 8.10. The van der Waals surface area contributed by atoms with Crippen LogP contribution in [0, 0.1) is 5.92 Å². The van der Waals surface area contributed by atoms with Gasteiger partial charge in [0.2, 0.25) is 0 Å². The summed E-state index contributed by atoms with van der Waals surface area (Å²) in [4.78, 5) is 0. The molecule has 1 rings (SSSR count). The molecule has 66 valence electrons. The van der Waals surface area contributed by atoms with Crippen LogP contribution in [-0.4, -0.2) is 26.3 Å². The van der Waals surface area contributed by atoms with E-state index < -0.39 is 0 Å². The van der Waals surface area contributed by atoms with Crippen LogP contribution in [0.4, 0.5) is 0 Å². The van der Waals surface area contributed by atoms with Crippen molar-refractivity contribution in [3.63, 3.8) is 0 Å². The lowest BCUT2D eigenvalue weighted by Crippen LogP contribution is -2.17. The lowest BCUT2D eigenvalue weighted by atomic mass is 9.99. The van der Waals surface area contributed by atoms with Gasteiger partial charge in [0, 0.05) is 7.11 Å². The predicted octanol–water partition coefficient (Wildman–Crippen LogP) is 1.41. The van der Waals surface area contributed by atoms with E-state index in [-0.39, 0.29) is 0 Å². The lowest BCUT2D eigenvalue weighted by molar-refractivity contribution is 0.0795. The molecule has 1 N–H and O–H groups in total. The van der Waals surface area contributed by atoms with Crippen LogP contribution in [0.25, 0.3) is 0 Å². The summed E-state index contributed by atoms with van der Waals surface area (Å²) in [7, 11) is 1.82. The summed E-state index contributed by atoms with van der Waals surface area (Å²) in [5, 5.41) is 3.37. The Balaban J connectivity index is 2.16. The maximum absolute atomic E-state index is 5.33. The minimum absolute atomic E-state index is 0.486. The number of hydrogen-bond donors (Lipinski definition) is 1. The Kier molecular flexibility index (Phi) is 3.87. The van der Waals surface area contributed by atoms with E-state index in [1.165, 1.54) is 25.9 Å². The molecule has 0 saturated carbocycles. The third kappa shape index (κ3) is 2.80. The normalized spacial score (nSPS) is 27.3. The molecule has 0 bridgehead atoms. The van der Waals surface area contributed by atoms with E-state index >= 15 is 0 Å². The second-order valence-corrected chi connectivity index (χ2v) is 3.36. The molecular formula is C9H19NO. The topological polar surface area (TPSA) is 21.3 Å². The average molecular weight is 157 g/mol. The molecule has 0 radical (unpaired) electrons. The average Bonchev–Trinajstić information content (AvgIpc) is 2.52. The fraction of sp³-hybridized carbons (Fsp3) is 1.00. The maximum atomic E-state index is 5.33. The molecule has 2 heteroatoms. The van der Waals surface area contributed by atoms with Crippen LogP contribution in [0.15, 0.2) is 0 Å². The molecular weight excluding hydrogens is 138 g/mol. The first-order valence-corrected chi connectivity index (χ1v) is 4.60. The fourth-order valence-electron chi connectivity index (χ4n) is 1.72. The van der Waals surface area contributed by atoms with Gasteiger partial charge in [-0.1, -0.05) is 6.92 Å². The summed E-state index contributed by atoms with van der Waals surface area (Å²) >= 11 is 0. The van der Waals surface area contributed by atoms with E-state index in [2.05, 4.69) is 12.2 Å². The Bertz CT molecular complexity index is 95.7. The molecule has 0 spiro atoms. The molecule has 0 aromatic heterocycles. The van der Waals surface area contributed by atoms with Gasteiger partial charge in [-0.3, -0.25) is 0 Å². The smallest absolute Gasteiger partial charge is 0.0571 e. The van der Waals surface area contributed by atoms with E-state index in [1.54, 1.807) is 0 Å². The van der Waals surface area contributed by atoms with Crippen molar-refractivity contribution < 1.29 is 4.74 Å². The van der Waals surface area contributed by atoms with Gasteiger partial charge in [-0.15, -0.1) is 0 Å². The van der Waals surface area contributed by atoms with Gasteiger partial charge >= 0.3 is 0 Å². The Labute approximate surface area is 69.3 Å². The minimum atomic E-state index is 0.486. The van der Waals surface area contributed by atoms with Crippen LogP contribution in [0.2, 0.25) is 0 Å². The molecule has 0 amide bonds. The van der Waals surface area contributed by atoms with Crippen molar-refractivity contribution in [2.24, 2.45) is 5.92 Å². The molecule has 11 heavy (non-hydrogen) atoms. The molecule has 0 aliphatic carbocycles. The SMILES string of the molecule is CCC(CC1CCNC1)OC. The highest BCUT2D eigenvalue weighted by Crippen LogP contribution is 2.17. The summed E-state index contributed by atoms with van der Waals surface area (Å²) in [5.74, 6) is 0.861. The van der Waals surface area contributed by atoms with Crippen LogP contribution in [0.5, 0.6) is 0 Å². The summed E-state index contributed by atoms with van der Waals surface area (Å²) < 4.78 is 5.33.